The molecule has 0 aliphatic rings. The Labute approximate surface area is 118 Å². The average Bonchev–Trinajstić information content (AvgIpc) is 2.93. The third kappa shape index (κ3) is 3.10. The Morgan fingerprint density at radius 3 is 2.80 bits per heavy atom. The summed E-state index contributed by atoms with van der Waals surface area (Å²) in [6, 6.07) is 10.2. The van der Waals surface area contributed by atoms with Gasteiger partial charge in [0.15, 0.2) is 6.61 Å². The van der Waals surface area contributed by atoms with Gasteiger partial charge in [0, 0.05) is 5.56 Å². The summed E-state index contributed by atoms with van der Waals surface area (Å²) in [5.41, 5.74) is 0.234. The normalized spacial score (nSPS) is 9.35. The van der Waals surface area contributed by atoms with Gasteiger partial charge in [0.25, 0.3) is 11.6 Å². The van der Waals surface area contributed by atoms with Crippen molar-refractivity contribution in [1.29, 1.82) is 10.5 Å². The van der Waals surface area contributed by atoms with Crippen molar-refractivity contribution in [3.63, 3.8) is 0 Å². The number of aromatic nitrogens is 2. The zero-order valence-corrected chi connectivity index (χ0v) is 10.7. The van der Waals surface area contributed by atoms with Gasteiger partial charge < -0.3 is 9.36 Å². The largest absolute Gasteiger partial charge is 0.384 e. The molecule has 1 aromatic carbocycles. The third-order valence-electron chi connectivity index (χ3n) is 2.14. The first-order valence-corrected chi connectivity index (χ1v) is 5.70. The number of benzene rings is 1. The molecule has 0 spiro atoms. The molecule has 8 heteroatoms. The number of hydrogen-bond acceptors (Lipinski definition) is 7. The van der Waals surface area contributed by atoms with Gasteiger partial charge in [0.2, 0.25) is 5.82 Å². The highest BCUT2D eigenvalue weighted by Gasteiger charge is 2.11. The molecule has 2 aromatic rings. The Bertz CT molecular complexity index is 710. The van der Waals surface area contributed by atoms with Crippen LogP contribution < -0.4 is 0 Å². The molecule has 0 N–H and O–H groups in total. The van der Waals surface area contributed by atoms with Crippen LogP contribution in [0.2, 0.25) is 5.02 Å². The van der Waals surface area contributed by atoms with Crippen molar-refractivity contribution in [3.8, 4) is 23.5 Å². The predicted octanol–water partition coefficient (Wildman–Crippen LogP) is 2.31. The van der Waals surface area contributed by atoms with Crippen LogP contribution in [-0.4, -0.2) is 15.9 Å². The number of nitriles is 2. The highest BCUT2D eigenvalue weighted by atomic mass is 35.5. The van der Waals surface area contributed by atoms with E-state index >= 15 is 0 Å². The predicted molar refractivity (Wildman–Crippen MR) is 68.2 cm³/mol. The lowest BCUT2D eigenvalue weighted by Gasteiger charge is -1.96. The van der Waals surface area contributed by atoms with E-state index in [0.29, 0.717) is 16.4 Å². The summed E-state index contributed by atoms with van der Waals surface area (Å²) in [5, 5.41) is 24.5. The molecule has 0 aliphatic carbocycles. The molecule has 0 saturated heterocycles. The van der Waals surface area contributed by atoms with Gasteiger partial charge in [-0.1, -0.05) is 34.0 Å². The fourth-order valence-electron chi connectivity index (χ4n) is 1.28. The van der Waals surface area contributed by atoms with Gasteiger partial charge >= 0.3 is 0 Å². The molecule has 2 rings (SSSR count). The van der Waals surface area contributed by atoms with Crippen LogP contribution in [0.15, 0.2) is 33.9 Å². The Hall–Kier alpha value is -2.90. The SMILES string of the molecule is N#CC(C#N)=NOCc1nc(-c2ccccc2Cl)no1. The van der Waals surface area contributed by atoms with Gasteiger partial charge in [0.1, 0.15) is 12.1 Å². The number of oxime groups is 1. The average molecular weight is 288 g/mol. The van der Waals surface area contributed by atoms with Crippen molar-refractivity contribution >= 4 is 17.3 Å². The first kappa shape index (κ1) is 13.5. The molecule has 0 bridgehead atoms. The van der Waals surface area contributed by atoms with Crippen molar-refractivity contribution in [2.75, 3.05) is 0 Å². The molecule has 0 radical (unpaired) electrons. The third-order valence-corrected chi connectivity index (χ3v) is 2.47. The standard InChI is InChI=1S/C12H6ClN5O2/c13-10-4-2-1-3-9(10)12-16-11(20-18-12)7-19-17-8(5-14)6-15/h1-4H,7H2. The molecule has 0 fully saturated rings. The quantitative estimate of drug-likeness (QED) is 0.630. The smallest absolute Gasteiger partial charge is 0.267 e. The zero-order chi connectivity index (χ0) is 14.4. The van der Waals surface area contributed by atoms with E-state index in [9.17, 15) is 0 Å². The monoisotopic (exact) mass is 287 g/mol. The van der Waals surface area contributed by atoms with Crippen LogP contribution in [0.4, 0.5) is 0 Å². The fraction of sp³-hybridized carbons (Fsp3) is 0.0833. The van der Waals surface area contributed by atoms with Crippen molar-refractivity contribution in [3.05, 3.63) is 35.2 Å². The minimum Gasteiger partial charge on any atom is -0.384 e. The highest BCUT2D eigenvalue weighted by Crippen LogP contribution is 2.24. The van der Waals surface area contributed by atoms with Gasteiger partial charge in [-0.05, 0) is 12.1 Å². The van der Waals surface area contributed by atoms with Crippen LogP contribution >= 0.6 is 11.6 Å². The lowest BCUT2D eigenvalue weighted by molar-refractivity contribution is 0.106. The molecule has 1 heterocycles. The lowest BCUT2D eigenvalue weighted by Crippen LogP contribution is -1.93. The summed E-state index contributed by atoms with van der Waals surface area (Å²) in [7, 11) is 0. The molecule has 7 nitrogen and oxygen atoms in total. The minimum absolute atomic E-state index is 0.148. The first-order chi connectivity index (χ1) is 9.74. The van der Waals surface area contributed by atoms with Crippen molar-refractivity contribution in [1.82, 2.24) is 10.1 Å². The maximum Gasteiger partial charge on any atom is 0.267 e. The van der Waals surface area contributed by atoms with E-state index < -0.39 is 5.71 Å². The van der Waals surface area contributed by atoms with Crippen LogP contribution in [0.5, 0.6) is 0 Å². The first-order valence-electron chi connectivity index (χ1n) is 5.32. The van der Waals surface area contributed by atoms with Crippen molar-refractivity contribution in [2.24, 2.45) is 5.16 Å². The summed E-state index contributed by atoms with van der Waals surface area (Å²) in [6.07, 6.45) is 0. The molecule has 0 amide bonds. The van der Waals surface area contributed by atoms with Gasteiger partial charge in [-0.15, -0.1) is 0 Å². The van der Waals surface area contributed by atoms with Crippen LogP contribution in [0.3, 0.4) is 0 Å². The minimum atomic E-state index is -0.393. The summed E-state index contributed by atoms with van der Waals surface area (Å²) >= 11 is 6.00. The summed E-state index contributed by atoms with van der Waals surface area (Å²) < 4.78 is 4.94. The molecule has 1 aromatic heterocycles. The van der Waals surface area contributed by atoms with Gasteiger partial charge in [-0.2, -0.15) is 15.5 Å². The second kappa shape index (κ2) is 6.32. The molecule has 0 aliphatic heterocycles. The molecule has 0 unspecified atom stereocenters. The van der Waals surface area contributed by atoms with Gasteiger partial charge in [-0.25, -0.2) is 0 Å². The van der Waals surface area contributed by atoms with Crippen LogP contribution in [0.1, 0.15) is 5.89 Å². The summed E-state index contributed by atoms with van der Waals surface area (Å²) in [5.74, 6) is 0.470. The van der Waals surface area contributed by atoms with E-state index in [2.05, 4.69) is 15.3 Å². The Morgan fingerprint density at radius 1 is 1.35 bits per heavy atom. The van der Waals surface area contributed by atoms with E-state index in [1.165, 1.54) is 0 Å². The fourth-order valence-corrected chi connectivity index (χ4v) is 1.50. The number of nitrogens with zero attached hydrogens (tertiary/aromatic N) is 5. The van der Waals surface area contributed by atoms with Crippen molar-refractivity contribution < 1.29 is 9.36 Å². The Kier molecular flexibility index (Phi) is 4.28. The lowest BCUT2D eigenvalue weighted by atomic mass is 10.2. The number of halogens is 1. The maximum atomic E-state index is 8.46. The second-order valence-corrected chi connectivity index (χ2v) is 3.84. The molecular weight excluding hydrogens is 282 g/mol. The summed E-state index contributed by atoms with van der Waals surface area (Å²) in [4.78, 5) is 8.82. The van der Waals surface area contributed by atoms with E-state index in [0.717, 1.165) is 0 Å². The molecular formula is C12H6ClN5O2. The number of rotatable bonds is 4. The molecule has 98 valence electrons. The topological polar surface area (TPSA) is 108 Å². The van der Waals surface area contributed by atoms with E-state index in [4.69, 9.17) is 31.5 Å². The van der Waals surface area contributed by atoms with Crippen LogP contribution in [-0.2, 0) is 11.4 Å². The maximum absolute atomic E-state index is 8.46. The second-order valence-electron chi connectivity index (χ2n) is 3.43. The van der Waals surface area contributed by atoms with E-state index in [1.54, 1.807) is 36.4 Å². The number of hydrogen-bond donors (Lipinski definition) is 0. The van der Waals surface area contributed by atoms with E-state index in [1.807, 2.05) is 0 Å². The van der Waals surface area contributed by atoms with Crippen LogP contribution in [0, 0.1) is 22.7 Å². The highest BCUT2D eigenvalue weighted by molar-refractivity contribution is 6.33. The Morgan fingerprint density at radius 2 is 2.10 bits per heavy atom. The van der Waals surface area contributed by atoms with Crippen molar-refractivity contribution in [2.45, 2.75) is 6.61 Å². The molecule has 0 saturated carbocycles. The van der Waals surface area contributed by atoms with E-state index in [-0.39, 0.29) is 12.5 Å². The summed E-state index contributed by atoms with van der Waals surface area (Å²) in [6.45, 7) is -0.148. The van der Waals surface area contributed by atoms with Gasteiger partial charge in [-0.3, -0.25) is 0 Å². The van der Waals surface area contributed by atoms with Crippen LogP contribution in [0.25, 0.3) is 11.4 Å². The Balaban J connectivity index is 2.08. The molecule has 20 heavy (non-hydrogen) atoms. The van der Waals surface area contributed by atoms with Gasteiger partial charge in [0.05, 0.1) is 5.02 Å². The molecule has 0 atom stereocenters. The zero-order valence-electron chi connectivity index (χ0n) is 9.95.